The molecule has 1 amide bonds. The van der Waals surface area contributed by atoms with Gasteiger partial charge < -0.3 is 10.1 Å². The fourth-order valence-electron chi connectivity index (χ4n) is 1.45. The molecule has 0 saturated heterocycles. The molecule has 5 nitrogen and oxygen atoms in total. The molecular formula is C13H13N3O2S. The Kier molecular flexibility index (Phi) is 4.35. The van der Waals surface area contributed by atoms with E-state index in [-0.39, 0.29) is 11.6 Å². The van der Waals surface area contributed by atoms with Crippen molar-refractivity contribution in [2.45, 2.75) is 4.90 Å². The number of methoxy groups -OCH3 is 1. The molecule has 1 N–H and O–H groups in total. The summed E-state index contributed by atoms with van der Waals surface area (Å²) in [6.45, 7) is 0. The van der Waals surface area contributed by atoms with Gasteiger partial charge in [0.25, 0.3) is 5.91 Å². The molecule has 2 rings (SSSR count). The molecule has 0 unspecified atom stereocenters. The van der Waals surface area contributed by atoms with Crippen LogP contribution in [0.2, 0.25) is 0 Å². The first kappa shape index (κ1) is 13.4. The second kappa shape index (κ2) is 6.19. The van der Waals surface area contributed by atoms with Crippen LogP contribution in [0.25, 0.3) is 0 Å². The van der Waals surface area contributed by atoms with Crippen molar-refractivity contribution in [3.8, 4) is 5.88 Å². The average Bonchev–Trinajstić information content (AvgIpc) is 2.47. The Hall–Kier alpha value is -2.08. The van der Waals surface area contributed by atoms with Crippen molar-refractivity contribution in [1.82, 2.24) is 10.2 Å². The van der Waals surface area contributed by atoms with Crippen LogP contribution in [0.3, 0.4) is 0 Å². The average molecular weight is 275 g/mol. The van der Waals surface area contributed by atoms with Crippen LogP contribution in [0, 0.1) is 0 Å². The number of hydrogen-bond donors (Lipinski definition) is 1. The standard InChI is InChI=1S/C13H13N3O2S/c1-18-12-7-6-11(15-16-12)13(17)14-9-4-3-5-10(8-9)19-2/h3-8H,1-2H3,(H,14,17). The monoisotopic (exact) mass is 275 g/mol. The Morgan fingerprint density at radius 3 is 2.74 bits per heavy atom. The number of rotatable bonds is 4. The van der Waals surface area contributed by atoms with Gasteiger partial charge in [0.05, 0.1) is 7.11 Å². The first-order valence-electron chi connectivity index (χ1n) is 5.56. The smallest absolute Gasteiger partial charge is 0.276 e. The van der Waals surface area contributed by atoms with Gasteiger partial charge in [-0.25, -0.2) is 0 Å². The van der Waals surface area contributed by atoms with E-state index in [4.69, 9.17) is 4.74 Å². The normalized spacial score (nSPS) is 10.0. The number of nitrogens with zero attached hydrogens (tertiary/aromatic N) is 2. The topological polar surface area (TPSA) is 64.1 Å². The summed E-state index contributed by atoms with van der Waals surface area (Å²) < 4.78 is 4.89. The van der Waals surface area contributed by atoms with Crippen LogP contribution >= 0.6 is 11.8 Å². The molecule has 0 fully saturated rings. The zero-order valence-corrected chi connectivity index (χ0v) is 11.4. The summed E-state index contributed by atoms with van der Waals surface area (Å²) in [6, 6.07) is 10.8. The second-order valence-corrected chi connectivity index (χ2v) is 4.53. The maximum atomic E-state index is 12.0. The molecule has 1 aromatic carbocycles. The molecule has 1 aromatic heterocycles. The second-order valence-electron chi connectivity index (χ2n) is 3.65. The van der Waals surface area contributed by atoms with Crippen molar-refractivity contribution < 1.29 is 9.53 Å². The van der Waals surface area contributed by atoms with Crippen LogP contribution in [0.15, 0.2) is 41.3 Å². The molecule has 0 aliphatic carbocycles. The third kappa shape index (κ3) is 3.45. The Morgan fingerprint density at radius 2 is 2.11 bits per heavy atom. The molecule has 0 spiro atoms. The summed E-state index contributed by atoms with van der Waals surface area (Å²) in [6.07, 6.45) is 1.98. The summed E-state index contributed by atoms with van der Waals surface area (Å²) >= 11 is 1.61. The number of anilines is 1. The SMILES string of the molecule is COc1ccc(C(=O)Nc2cccc(SC)c2)nn1. The van der Waals surface area contributed by atoms with E-state index in [0.29, 0.717) is 5.88 Å². The molecule has 1 heterocycles. The molecule has 0 bridgehead atoms. The number of hydrogen-bond acceptors (Lipinski definition) is 5. The minimum absolute atomic E-state index is 0.246. The van der Waals surface area contributed by atoms with E-state index < -0.39 is 0 Å². The first-order valence-corrected chi connectivity index (χ1v) is 6.78. The van der Waals surface area contributed by atoms with E-state index in [2.05, 4.69) is 15.5 Å². The van der Waals surface area contributed by atoms with Crippen LogP contribution in [-0.4, -0.2) is 29.5 Å². The van der Waals surface area contributed by atoms with E-state index in [1.54, 1.807) is 23.9 Å². The van der Waals surface area contributed by atoms with E-state index in [1.807, 2.05) is 30.5 Å². The Bertz CT molecular complexity index is 572. The van der Waals surface area contributed by atoms with Gasteiger partial charge in [0.2, 0.25) is 5.88 Å². The van der Waals surface area contributed by atoms with Gasteiger partial charge in [-0.1, -0.05) is 6.07 Å². The number of aromatic nitrogens is 2. The highest BCUT2D eigenvalue weighted by atomic mass is 32.2. The van der Waals surface area contributed by atoms with Crippen LogP contribution in [0.1, 0.15) is 10.5 Å². The number of thioether (sulfide) groups is 1. The molecule has 0 atom stereocenters. The van der Waals surface area contributed by atoms with Gasteiger partial charge in [0.1, 0.15) is 0 Å². The van der Waals surface area contributed by atoms with Crippen LogP contribution < -0.4 is 10.1 Å². The fraction of sp³-hybridized carbons (Fsp3) is 0.154. The lowest BCUT2D eigenvalue weighted by Crippen LogP contribution is -2.14. The highest BCUT2D eigenvalue weighted by Gasteiger charge is 2.09. The molecule has 0 saturated carbocycles. The first-order chi connectivity index (χ1) is 9.22. The largest absolute Gasteiger partial charge is 0.480 e. The van der Waals surface area contributed by atoms with Gasteiger partial charge >= 0.3 is 0 Å². The van der Waals surface area contributed by atoms with Gasteiger partial charge in [-0.2, -0.15) is 0 Å². The van der Waals surface area contributed by atoms with Crippen LogP contribution in [0.5, 0.6) is 5.88 Å². The minimum Gasteiger partial charge on any atom is -0.480 e. The number of carbonyl (C=O) groups is 1. The molecule has 0 aliphatic rings. The van der Waals surface area contributed by atoms with Gasteiger partial charge in [0, 0.05) is 16.6 Å². The number of carbonyl (C=O) groups excluding carboxylic acids is 1. The van der Waals surface area contributed by atoms with Crippen molar-refractivity contribution in [3.63, 3.8) is 0 Å². The molecule has 19 heavy (non-hydrogen) atoms. The highest BCUT2D eigenvalue weighted by molar-refractivity contribution is 7.98. The predicted molar refractivity (Wildman–Crippen MR) is 74.8 cm³/mol. The Labute approximate surface area is 115 Å². The van der Waals surface area contributed by atoms with Crippen molar-refractivity contribution in [2.24, 2.45) is 0 Å². The lowest BCUT2D eigenvalue weighted by Gasteiger charge is -2.06. The van der Waals surface area contributed by atoms with Crippen molar-refractivity contribution in [1.29, 1.82) is 0 Å². The Balaban J connectivity index is 2.11. The summed E-state index contributed by atoms with van der Waals surface area (Å²) in [4.78, 5) is 13.0. The maximum absolute atomic E-state index is 12.0. The molecule has 6 heteroatoms. The zero-order chi connectivity index (χ0) is 13.7. The molecular weight excluding hydrogens is 262 g/mol. The zero-order valence-electron chi connectivity index (χ0n) is 10.6. The maximum Gasteiger partial charge on any atom is 0.276 e. The van der Waals surface area contributed by atoms with Crippen LogP contribution in [0.4, 0.5) is 5.69 Å². The molecule has 0 aliphatic heterocycles. The number of nitrogens with one attached hydrogen (secondary N) is 1. The van der Waals surface area contributed by atoms with E-state index in [0.717, 1.165) is 10.6 Å². The van der Waals surface area contributed by atoms with Gasteiger partial charge in [0.15, 0.2) is 5.69 Å². The lowest BCUT2D eigenvalue weighted by molar-refractivity contribution is 0.102. The fourth-order valence-corrected chi connectivity index (χ4v) is 1.91. The summed E-state index contributed by atoms with van der Waals surface area (Å²) in [7, 11) is 1.50. The predicted octanol–water partition coefficient (Wildman–Crippen LogP) is 2.46. The summed E-state index contributed by atoms with van der Waals surface area (Å²) in [5, 5.41) is 10.3. The Morgan fingerprint density at radius 1 is 1.26 bits per heavy atom. The van der Waals surface area contributed by atoms with Crippen molar-refractivity contribution >= 4 is 23.4 Å². The van der Waals surface area contributed by atoms with E-state index >= 15 is 0 Å². The lowest BCUT2D eigenvalue weighted by atomic mass is 10.3. The third-order valence-corrected chi connectivity index (χ3v) is 3.13. The van der Waals surface area contributed by atoms with Gasteiger partial charge in [-0.05, 0) is 30.5 Å². The third-order valence-electron chi connectivity index (χ3n) is 2.41. The molecule has 98 valence electrons. The van der Waals surface area contributed by atoms with Crippen LogP contribution in [-0.2, 0) is 0 Å². The summed E-state index contributed by atoms with van der Waals surface area (Å²) in [5.74, 6) is 0.0781. The van der Waals surface area contributed by atoms with Gasteiger partial charge in [-0.15, -0.1) is 22.0 Å². The number of benzene rings is 1. The van der Waals surface area contributed by atoms with Crippen molar-refractivity contribution in [3.05, 3.63) is 42.1 Å². The molecule has 2 aromatic rings. The molecule has 0 radical (unpaired) electrons. The number of amides is 1. The quantitative estimate of drug-likeness (QED) is 0.868. The summed E-state index contributed by atoms with van der Waals surface area (Å²) in [5.41, 5.74) is 0.977. The number of ether oxygens (including phenoxy) is 1. The van der Waals surface area contributed by atoms with Crippen molar-refractivity contribution in [2.75, 3.05) is 18.7 Å². The van der Waals surface area contributed by atoms with Gasteiger partial charge in [-0.3, -0.25) is 4.79 Å². The minimum atomic E-state index is -0.298. The van der Waals surface area contributed by atoms with E-state index in [1.165, 1.54) is 7.11 Å². The highest BCUT2D eigenvalue weighted by Crippen LogP contribution is 2.19. The van der Waals surface area contributed by atoms with E-state index in [9.17, 15) is 4.79 Å².